The van der Waals surface area contributed by atoms with Crippen LogP contribution < -0.4 is 0 Å². The molecule has 116 valence electrons. The topological polar surface area (TPSA) is 212 Å². The molecule has 0 aliphatic carbocycles. The van der Waals surface area contributed by atoms with Crippen LogP contribution in [0.15, 0.2) is 0 Å². The molecule has 0 fully saturated rings. The van der Waals surface area contributed by atoms with Crippen LogP contribution in [0.2, 0.25) is 0 Å². The second-order valence-corrected chi connectivity index (χ2v) is 2.08. The second kappa shape index (κ2) is 42.8. The molecular formula is C8H20O10UZn+2. The quantitative estimate of drug-likeness (QED) is 0.253. The molecule has 0 saturated heterocycles. The summed E-state index contributed by atoms with van der Waals surface area (Å²) < 4.78 is 0. The summed E-state index contributed by atoms with van der Waals surface area (Å²) in [6.45, 7) is 4.33. The number of carboxylic acids is 4. The summed E-state index contributed by atoms with van der Waals surface area (Å²) >= 11 is 0. The predicted octanol–water partition coefficient (Wildman–Crippen LogP) is -1.29. The van der Waals surface area contributed by atoms with Gasteiger partial charge in [-0.3, -0.25) is 19.2 Å². The molecule has 0 spiro atoms. The maximum absolute atomic E-state index is 9.00. The molecule has 0 atom stereocenters. The number of aliphatic carboxylic acids is 4. The van der Waals surface area contributed by atoms with Crippen LogP contribution in [0, 0.1) is 31.1 Å². The molecule has 0 aromatic heterocycles. The van der Waals surface area contributed by atoms with Crippen LogP contribution in [-0.4, -0.2) is 55.3 Å². The van der Waals surface area contributed by atoms with Crippen LogP contribution in [-0.2, 0) is 38.7 Å². The molecule has 0 rings (SSSR count). The molecule has 12 heteroatoms. The standard InChI is InChI=1S/4C2H4O2.2H2O.U.Zn/c4*1-2(3)4;;;;/h4*1H3,(H,3,4);2*1H2;;/q;;;;;;;+2. The van der Waals surface area contributed by atoms with Crippen LogP contribution >= 0.6 is 0 Å². The van der Waals surface area contributed by atoms with E-state index in [4.69, 9.17) is 39.6 Å². The van der Waals surface area contributed by atoms with Gasteiger partial charge in [0.15, 0.2) is 0 Å². The fourth-order valence-corrected chi connectivity index (χ4v) is 0. The van der Waals surface area contributed by atoms with Gasteiger partial charge in [0, 0.05) is 58.8 Å². The fraction of sp³-hybridized carbons (Fsp3) is 0.500. The van der Waals surface area contributed by atoms with Crippen molar-refractivity contribution in [1.82, 2.24) is 0 Å². The van der Waals surface area contributed by atoms with E-state index in [9.17, 15) is 0 Å². The van der Waals surface area contributed by atoms with Crippen molar-refractivity contribution < 1.29 is 101 Å². The van der Waals surface area contributed by atoms with Gasteiger partial charge in [0.1, 0.15) is 0 Å². The summed E-state index contributed by atoms with van der Waals surface area (Å²) in [6, 6.07) is 0. The van der Waals surface area contributed by atoms with Crippen molar-refractivity contribution in [3.05, 3.63) is 0 Å². The molecule has 0 saturated carbocycles. The smallest absolute Gasteiger partial charge is 0.481 e. The Bertz CT molecular complexity index is 169. The van der Waals surface area contributed by atoms with E-state index in [2.05, 4.69) is 0 Å². The maximum Gasteiger partial charge on any atom is 2.00 e. The Morgan fingerprint density at radius 1 is 0.550 bits per heavy atom. The van der Waals surface area contributed by atoms with E-state index in [1.165, 1.54) is 0 Å². The van der Waals surface area contributed by atoms with Gasteiger partial charge in [-0.1, -0.05) is 0 Å². The number of carbonyl (C=O) groups is 4. The molecule has 0 amide bonds. The van der Waals surface area contributed by atoms with Crippen LogP contribution in [0.5, 0.6) is 0 Å². The molecule has 0 unspecified atom stereocenters. The van der Waals surface area contributed by atoms with Crippen molar-refractivity contribution in [1.29, 1.82) is 0 Å². The minimum Gasteiger partial charge on any atom is -0.481 e. The first-order valence-electron chi connectivity index (χ1n) is 3.71. The maximum atomic E-state index is 9.00. The predicted molar refractivity (Wildman–Crippen MR) is 60.5 cm³/mol. The first kappa shape index (κ1) is 50.5. The van der Waals surface area contributed by atoms with E-state index in [0.29, 0.717) is 0 Å². The average Bonchev–Trinajstić information content (AvgIpc) is 1.76. The van der Waals surface area contributed by atoms with Crippen molar-refractivity contribution in [2.24, 2.45) is 0 Å². The van der Waals surface area contributed by atoms with Gasteiger partial charge in [0.25, 0.3) is 23.9 Å². The van der Waals surface area contributed by atoms with Gasteiger partial charge < -0.3 is 31.4 Å². The molecule has 8 N–H and O–H groups in total. The normalized spacial score (nSPS) is 5.00. The molecule has 0 aromatic rings. The Hall–Kier alpha value is -0.525. The molecule has 0 aromatic carbocycles. The summed E-state index contributed by atoms with van der Waals surface area (Å²) in [6.07, 6.45) is 0. The Morgan fingerprint density at radius 2 is 0.550 bits per heavy atom. The van der Waals surface area contributed by atoms with E-state index in [1.807, 2.05) is 0 Å². The summed E-state index contributed by atoms with van der Waals surface area (Å²) in [5, 5.41) is 29.7. The Balaban J connectivity index is -0.0000000150. The van der Waals surface area contributed by atoms with Crippen molar-refractivity contribution in [2.75, 3.05) is 0 Å². The molecule has 0 aliphatic rings. The van der Waals surface area contributed by atoms with Crippen molar-refractivity contribution in [3.63, 3.8) is 0 Å². The molecule has 20 heavy (non-hydrogen) atoms. The minimum absolute atomic E-state index is 0. The summed E-state index contributed by atoms with van der Waals surface area (Å²) in [4.78, 5) is 36.0. The molecular weight excluding hydrogens is 559 g/mol. The van der Waals surface area contributed by atoms with E-state index in [0.717, 1.165) is 27.7 Å². The van der Waals surface area contributed by atoms with Gasteiger partial charge in [0.05, 0.1) is 0 Å². The van der Waals surface area contributed by atoms with Gasteiger partial charge in [-0.25, -0.2) is 0 Å². The van der Waals surface area contributed by atoms with Crippen LogP contribution in [0.25, 0.3) is 0 Å². The number of rotatable bonds is 0. The monoisotopic (exact) mass is 578 g/mol. The summed E-state index contributed by atoms with van der Waals surface area (Å²) in [5.74, 6) is -3.33. The molecule has 0 heterocycles. The molecule has 0 bridgehead atoms. The van der Waals surface area contributed by atoms with Gasteiger partial charge >= 0.3 is 19.5 Å². The van der Waals surface area contributed by atoms with Crippen molar-refractivity contribution in [3.8, 4) is 0 Å². The molecule has 0 radical (unpaired) electrons. The van der Waals surface area contributed by atoms with Gasteiger partial charge in [-0.05, 0) is 0 Å². The van der Waals surface area contributed by atoms with Crippen LogP contribution in [0.3, 0.4) is 0 Å². The molecule has 10 nitrogen and oxygen atoms in total. The Labute approximate surface area is 152 Å². The third-order valence-electron chi connectivity index (χ3n) is 0. The summed E-state index contributed by atoms with van der Waals surface area (Å²) in [5.41, 5.74) is 0. The van der Waals surface area contributed by atoms with Crippen molar-refractivity contribution >= 4 is 23.9 Å². The third kappa shape index (κ3) is 17200. The van der Waals surface area contributed by atoms with Crippen LogP contribution in [0.4, 0.5) is 0 Å². The van der Waals surface area contributed by atoms with Gasteiger partial charge in [-0.15, -0.1) is 0 Å². The summed E-state index contributed by atoms with van der Waals surface area (Å²) in [7, 11) is 0. The van der Waals surface area contributed by atoms with Gasteiger partial charge in [0.2, 0.25) is 0 Å². The fourth-order valence-electron chi connectivity index (χ4n) is 0. The van der Waals surface area contributed by atoms with E-state index in [-0.39, 0.29) is 61.5 Å². The zero-order valence-electron chi connectivity index (χ0n) is 11.6. The minimum atomic E-state index is -0.833. The third-order valence-corrected chi connectivity index (χ3v) is 0. The van der Waals surface area contributed by atoms with Crippen molar-refractivity contribution in [2.45, 2.75) is 27.7 Å². The average molecular weight is 580 g/mol. The first-order valence-corrected chi connectivity index (χ1v) is 3.71. The Morgan fingerprint density at radius 3 is 0.550 bits per heavy atom. The van der Waals surface area contributed by atoms with E-state index < -0.39 is 23.9 Å². The number of hydrogen-bond donors (Lipinski definition) is 4. The zero-order chi connectivity index (χ0) is 14.3. The molecule has 0 aliphatic heterocycles. The number of hydrogen-bond acceptors (Lipinski definition) is 4. The van der Waals surface area contributed by atoms with E-state index >= 15 is 0 Å². The zero-order valence-corrected chi connectivity index (χ0v) is 18.8. The second-order valence-electron chi connectivity index (χ2n) is 2.08. The first-order chi connectivity index (χ1) is 6.93. The Kier molecular flexibility index (Phi) is 108. The van der Waals surface area contributed by atoms with Gasteiger partial charge in [-0.2, -0.15) is 0 Å². The van der Waals surface area contributed by atoms with E-state index in [1.54, 1.807) is 0 Å². The van der Waals surface area contributed by atoms with Crippen LogP contribution in [0.1, 0.15) is 27.7 Å². The number of carboxylic acid groups (broad SMARTS) is 4. The SMILES string of the molecule is CC(=O)O.CC(=O)O.CC(=O)O.CC(=O)O.O.O.[U].[Zn+2]. The largest absolute Gasteiger partial charge is 2.00 e.